The fraction of sp³-hybridized carbons (Fsp3) is 0.435. The maximum Gasteiger partial charge on any atom is 0.407 e. The molecule has 0 saturated carbocycles. The second kappa shape index (κ2) is 8.07. The summed E-state index contributed by atoms with van der Waals surface area (Å²) >= 11 is 0. The highest BCUT2D eigenvalue weighted by Crippen LogP contribution is 2.31. The molecule has 1 saturated heterocycles. The molecule has 7 heteroatoms. The minimum Gasteiger partial charge on any atom is -0.465 e. The van der Waals surface area contributed by atoms with Gasteiger partial charge in [-0.2, -0.15) is 0 Å². The predicted molar refractivity (Wildman–Crippen MR) is 114 cm³/mol. The zero-order valence-corrected chi connectivity index (χ0v) is 17.0. The molecule has 1 unspecified atom stereocenters. The van der Waals surface area contributed by atoms with Gasteiger partial charge in [0, 0.05) is 25.3 Å². The number of piperidine rings is 1. The molecule has 2 aliphatic rings. The first-order chi connectivity index (χ1) is 14.7. The van der Waals surface area contributed by atoms with Crippen LogP contribution in [0.3, 0.4) is 0 Å². The van der Waals surface area contributed by atoms with E-state index in [0.717, 1.165) is 42.5 Å². The van der Waals surface area contributed by atoms with Gasteiger partial charge < -0.3 is 19.9 Å². The van der Waals surface area contributed by atoms with E-state index >= 15 is 0 Å². The smallest absolute Gasteiger partial charge is 0.407 e. The summed E-state index contributed by atoms with van der Waals surface area (Å²) in [5.74, 6) is 1.02. The van der Waals surface area contributed by atoms with Crippen LogP contribution < -0.4 is 5.32 Å². The van der Waals surface area contributed by atoms with Crippen molar-refractivity contribution < 1.29 is 9.90 Å². The van der Waals surface area contributed by atoms with Crippen molar-refractivity contribution in [3.05, 3.63) is 59.7 Å². The Hall–Kier alpha value is -2.93. The minimum atomic E-state index is -0.825. The first kappa shape index (κ1) is 19.1. The van der Waals surface area contributed by atoms with Crippen LogP contribution in [0.5, 0.6) is 0 Å². The van der Waals surface area contributed by atoms with Gasteiger partial charge in [0.2, 0.25) is 0 Å². The van der Waals surface area contributed by atoms with Gasteiger partial charge in [-0.3, -0.25) is 4.98 Å². The lowest BCUT2D eigenvalue weighted by Gasteiger charge is -2.32. The van der Waals surface area contributed by atoms with Crippen LogP contribution in [0.2, 0.25) is 0 Å². The first-order valence-corrected chi connectivity index (χ1v) is 10.8. The van der Waals surface area contributed by atoms with Crippen LogP contribution in [0.1, 0.15) is 54.8 Å². The summed E-state index contributed by atoms with van der Waals surface area (Å²) in [6.45, 7) is 1.81. The van der Waals surface area contributed by atoms with E-state index in [4.69, 9.17) is 4.98 Å². The Labute approximate surface area is 175 Å². The Morgan fingerprint density at radius 3 is 2.80 bits per heavy atom. The molecule has 1 aliphatic heterocycles. The third kappa shape index (κ3) is 3.54. The molecule has 0 radical (unpaired) electrons. The first-order valence-electron chi connectivity index (χ1n) is 10.8. The number of amides is 1. The Morgan fingerprint density at radius 1 is 1.13 bits per heavy atom. The maximum atomic E-state index is 11.3. The van der Waals surface area contributed by atoms with Gasteiger partial charge in [0.25, 0.3) is 0 Å². The lowest BCUT2D eigenvalue weighted by molar-refractivity contribution is 0.125. The molecule has 0 spiro atoms. The van der Waals surface area contributed by atoms with Crippen LogP contribution >= 0.6 is 0 Å². The van der Waals surface area contributed by atoms with Crippen molar-refractivity contribution >= 4 is 17.1 Å². The van der Waals surface area contributed by atoms with E-state index in [1.807, 2.05) is 24.4 Å². The molecule has 2 N–H and O–H groups in total. The lowest BCUT2D eigenvalue weighted by atomic mass is 9.92. The highest BCUT2D eigenvalue weighted by molar-refractivity contribution is 5.76. The van der Waals surface area contributed by atoms with E-state index in [2.05, 4.69) is 33.1 Å². The Balaban J connectivity index is 1.40. The van der Waals surface area contributed by atoms with Gasteiger partial charge in [0.15, 0.2) is 0 Å². The van der Waals surface area contributed by atoms with E-state index in [1.165, 1.54) is 22.6 Å². The zero-order chi connectivity index (χ0) is 20.5. The molecule has 1 amide bonds. The second-order valence-corrected chi connectivity index (χ2v) is 8.26. The van der Waals surface area contributed by atoms with E-state index in [-0.39, 0.29) is 12.1 Å². The number of pyridine rings is 1. The molecule has 3 aromatic rings. The zero-order valence-electron chi connectivity index (χ0n) is 17.0. The summed E-state index contributed by atoms with van der Waals surface area (Å²) in [6.07, 6.45) is 6.03. The predicted octanol–water partition coefficient (Wildman–Crippen LogP) is 3.91. The van der Waals surface area contributed by atoms with Gasteiger partial charge in [0.05, 0.1) is 29.3 Å². The molecule has 0 bridgehead atoms. The summed E-state index contributed by atoms with van der Waals surface area (Å²) in [6, 6.07) is 13.0. The number of hydrogen-bond donors (Lipinski definition) is 2. The summed E-state index contributed by atoms with van der Waals surface area (Å²) in [5.41, 5.74) is 4.64. The average molecular weight is 406 g/mol. The number of fused-ring (bicyclic) bond motifs is 2. The van der Waals surface area contributed by atoms with E-state index in [0.29, 0.717) is 19.6 Å². The minimum absolute atomic E-state index is 0.247. The monoisotopic (exact) mass is 405 g/mol. The van der Waals surface area contributed by atoms with E-state index in [9.17, 15) is 9.90 Å². The molecule has 1 atom stereocenters. The summed E-state index contributed by atoms with van der Waals surface area (Å²) in [5, 5.41) is 13.0. The van der Waals surface area contributed by atoms with Gasteiger partial charge in [0.1, 0.15) is 5.82 Å². The number of aromatic nitrogens is 3. The number of aryl methyl sites for hydroxylation is 1. The van der Waals surface area contributed by atoms with E-state index < -0.39 is 6.09 Å². The normalized spacial score (nSPS) is 19.7. The van der Waals surface area contributed by atoms with E-state index in [1.54, 1.807) is 0 Å². The molecule has 7 nitrogen and oxygen atoms in total. The number of hydrogen-bond acceptors (Lipinski definition) is 4. The maximum absolute atomic E-state index is 11.3. The fourth-order valence-electron chi connectivity index (χ4n) is 4.96. The fourth-order valence-corrected chi connectivity index (χ4v) is 4.96. The molecule has 3 heterocycles. The Kier molecular flexibility index (Phi) is 5.12. The number of imidazole rings is 1. The summed E-state index contributed by atoms with van der Waals surface area (Å²) in [7, 11) is 0. The van der Waals surface area contributed by atoms with Crippen LogP contribution in [-0.2, 0) is 13.0 Å². The molecule has 5 rings (SSSR count). The number of benzene rings is 1. The molecular formula is C23H27N5O2. The van der Waals surface area contributed by atoms with Crippen molar-refractivity contribution in [2.45, 2.75) is 50.7 Å². The summed E-state index contributed by atoms with van der Waals surface area (Å²) < 4.78 is 2.34. The average Bonchev–Trinajstić information content (AvgIpc) is 3.16. The number of rotatable bonds is 4. The van der Waals surface area contributed by atoms with Crippen LogP contribution in [0.15, 0.2) is 42.6 Å². The van der Waals surface area contributed by atoms with Crippen molar-refractivity contribution in [1.29, 1.82) is 0 Å². The highest BCUT2D eigenvalue weighted by atomic mass is 16.4. The lowest BCUT2D eigenvalue weighted by Crippen LogP contribution is -2.38. The van der Waals surface area contributed by atoms with Crippen molar-refractivity contribution in [2.75, 3.05) is 13.1 Å². The molecule has 156 valence electrons. The van der Waals surface area contributed by atoms with Gasteiger partial charge in [-0.15, -0.1) is 0 Å². The number of carboxylic acid groups (broad SMARTS) is 1. The van der Waals surface area contributed by atoms with Crippen molar-refractivity contribution in [1.82, 2.24) is 24.8 Å². The van der Waals surface area contributed by atoms with Gasteiger partial charge in [-0.1, -0.05) is 18.2 Å². The molecule has 1 aromatic carbocycles. The topological polar surface area (TPSA) is 83.3 Å². The Morgan fingerprint density at radius 2 is 1.97 bits per heavy atom. The third-order valence-electron chi connectivity index (χ3n) is 6.47. The molecule has 1 aliphatic carbocycles. The molecule has 30 heavy (non-hydrogen) atoms. The number of carbonyl (C=O) groups is 1. The number of likely N-dealkylation sites (tertiary alicyclic amines) is 1. The quantitative estimate of drug-likeness (QED) is 0.688. The number of nitrogens with zero attached hydrogens (tertiary/aromatic N) is 4. The second-order valence-electron chi connectivity index (χ2n) is 8.26. The van der Waals surface area contributed by atoms with Crippen LogP contribution in [0.25, 0.3) is 11.0 Å². The van der Waals surface area contributed by atoms with Crippen LogP contribution in [-0.4, -0.2) is 43.7 Å². The molecule has 2 aromatic heterocycles. The van der Waals surface area contributed by atoms with Crippen LogP contribution in [0, 0.1) is 0 Å². The standard InChI is InChI=1S/C23H27N5O2/c29-23(30)27-13-10-17(11-14-27)28-20-9-2-1-7-18(20)26-21(28)15-25-19-8-3-5-16-6-4-12-24-22(16)19/h1-2,4,6-7,9,12,17,19,25H,3,5,8,10-11,13-15H2,(H,29,30). The van der Waals surface area contributed by atoms with Crippen molar-refractivity contribution in [3.63, 3.8) is 0 Å². The largest absolute Gasteiger partial charge is 0.465 e. The van der Waals surface area contributed by atoms with Gasteiger partial charge in [-0.25, -0.2) is 9.78 Å². The van der Waals surface area contributed by atoms with Gasteiger partial charge >= 0.3 is 6.09 Å². The molecule has 1 fully saturated rings. The van der Waals surface area contributed by atoms with Crippen LogP contribution in [0.4, 0.5) is 4.79 Å². The summed E-state index contributed by atoms with van der Waals surface area (Å²) in [4.78, 5) is 22.4. The number of para-hydroxylation sites is 2. The van der Waals surface area contributed by atoms with Crippen molar-refractivity contribution in [2.24, 2.45) is 0 Å². The highest BCUT2D eigenvalue weighted by Gasteiger charge is 2.27. The Bertz CT molecular complexity index is 1050. The van der Waals surface area contributed by atoms with Gasteiger partial charge in [-0.05, 0) is 55.9 Å². The third-order valence-corrected chi connectivity index (χ3v) is 6.47. The molecular weight excluding hydrogens is 378 g/mol. The van der Waals surface area contributed by atoms with Crippen molar-refractivity contribution in [3.8, 4) is 0 Å². The SMILES string of the molecule is O=C(O)N1CCC(n2c(CNC3CCCc4cccnc43)nc3ccccc32)CC1. The number of nitrogens with one attached hydrogen (secondary N) is 1.